The van der Waals surface area contributed by atoms with E-state index in [4.69, 9.17) is 5.73 Å². The maximum absolute atomic E-state index is 15.8. The predicted molar refractivity (Wildman–Crippen MR) is 475 cm³/mol. The normalized spacial score (nSPS) is 29.8. The molecular formula is C81H124N20O23S4. The van der Waals surface area contributed by atoms with Gasteiger partial charge in [0.05, 0.1) is 25.7 Å². The van der Waals surface area contributed by atoms with Crippen molar-refractivity contribution in [3.05, 3.63) is 36.0 Å². The van der Waals surface area contributed by atoms with Crippen LogP contribution in [0.25, 0.3) is 10.9 Å². The number of nitrogens with two attached hydrogens (primary N) is 1. The molecule has 4 aliphatic rings. The number of benzene rings is 1. The maximum Gasteiger partial charge on any atom is 0.327 e. The number of carboxylic acid groups (broad SMARTS) is 2. The van der Waals surface area contributed by atoms with Crippen molar-refractivity contribution in [2.75, 3.05) is 48.5 Å². The zero-order chi connectivity index (χ0) is 95.4. The van der Waals surface area contributed by atoms with Crippen LogP contribution in [0.4, 0.5) is 0 Å². The van der Waals surface area contributed by atoms with Crippen LogP contribution in [0, 0.1) is 29.6 Å². The number of amides is 18. The van der Waals surface area contributed by atoms with Crippen molar-refractivity contribution in [1.29, 1.82) is 0 Å². The van der Waals surface area contributed by atoms with Crippen LogP contribution in [0.3, 0.4) is 0 Å². The van der Waals surface area contributed by atoms with Gasteiger partial charge >= 0.3 is 11.9 Å². The molecule has 0 unspecified atom stereocenters. The smallest absolute Gasteiger partial charge is 0.327 e. The Hall–Kier alpha value is -10.5. The zero-order valence-corrected chi connectivity index (χ0v) is 77.2. The molecule has 710 valence electrons. The number of fused-ring (bicyclic) bond motifs is 19. The van der Waals surface area contributed by atoms with Crippen LogP contribution in [-0.2, 0) is 102 Å². The Morgan fingerprint density at radius 2 is 0.945 bits per heavy atom. The van der Waals surface area contributed by atoms with Crippen molar-refractivity contribution < 1.29 is 111 Å². The van der Waals surface area contributed by atoms with Gasteiger partial charge in [-0.15, -0.1) is 0 Å². The van der Waals surface area contributed by atoms with E-state index >= 15 is 38.4 Å². The highest BCUT2D eigenvalue weighted by Gasteiger charge is 2.44. The molecule has 6 rings (SSSR count). The number of aromatic nitrogens is 1. The van der Waals surface area contributed by atoms with Gasteiger partial charge in [0.2, 0.25) is 106 Å². The number of hydrogen-bond acceptors (Lipinski definition) is 26. The quantitative estimate of drug-likeness (QED) is 0.0657. The van der Waals surface area contributed by atoms with Crippen LogP contribution in [0.5, 0.6) is 0 Å². The van der Waals surface area contributed by atoms with E-state index in [0.29, 0.717) is 28.2 Å². The number of H-pyrrole nitrogens is 1. The number of aliphatic hydroxyl groups is 1. The molecule has 128 heavy (non-hydrogen) atoms. The Bertz CT molecular complexity index is 4370. The second kappa shape index (κ2) is 50.4. The fraction of sp³-hybridized carbons (Fsp3) is 0.654. The molecule has 18 amide bonds. The van der Waals surface area contributed by atoms with E-state index in [2.05, 4.69) is 101 Å². The van der Waals surface area contributed by atoms with E-state index in [9.17, 15) is 72.9 Å². The summed E-state index contributed by atoms with van der Waals surface area (Å²) in [5.74, 6) is -28.6. The minimum atomic E-state index is -1.96. The summed E-state index contributed by atoms with van der Waals surface area (Å²) < 4.78 is 0. The predicted octanol–water partition coefficient (Wildman–Crippen LogP) is -5.41. The number of rotatable bonds is 17. The molecule has 1 aromatic carbocycles. The molecule has 0 spiro atoms. The molecule has 24 N–H and O–H groups in total. The van der Waals surface area contributed by atoms with E-state index < -0.39 is 322 Å². The Morgan fingerprint density at radius 1 is 0.461 bits per heavy atom. The molecular weight excluding hydrogens is 1750 g/mol. The van der Waals surface area contributed by atoms with Crippen LogP contribution < -0.4 is 101 Å². The first kappa shape index (κ1) is 106. The van der Waals surface area contributed by atoms with E-state index in [-0.39, 0.29) is 31.6 Å². The highest BCUT2D eigenvalue weighted by Crippen LogP contribution is 2.26. The van der Waals surface area contributed by atoms with Crippen molar-refractivity contribution in [3.8, 4) is 0 Å². The van der Waals surface area contributed by atoms with Gasteiger partial charge in [-0.05, 0) is 67.4 Å². The standard InChI is InChI=1S/C81H124N20O23S4/c1-15-38(10)61-77(119)88-47(20-21-58(105)106)69(111)92-53-31-126-41(13)63(101-74(116)52-30-125-29-45(82)66(108)91-51(28-102)67(109)84-26-56(103)87-50(72(114)98-59(36(6)7)75(117)93-52)24-43-25-83-46-19-17-16-18-44(43)46)79(121)90-49(23-35(4)5)71(113)100-64(80(122)99-61)42(14)127-32-54-73(115)86-39(11)65(107)95-55(81(123)124)33-128-40(12)62(96-57(104)27-85-68(53)110)78(120)89-48(22-34(2)3)70(112)97-60(37(8)9)76(118)94-54/h16-19,25,34-42,45,47-55,59-64,83,102H,15,20-24,26-33,82H2,1-14H3,(H,84,109)(H,85,110)(H,86,115)(H,87,103)(H,88,119)(H,89,120)(H,90,121)(H,91,108)(H,92,111)(H,93,117)(H,94,118)(H,95,107)(H,96,104)(H,97,112)(H,98,114)(H,99,122)(H,100,113)(H,101,116)(H,105,106)(H,123,124)/t38-,39-,40-,41-,42+,45+,47+,48+,49+,50-,51+,52-,53-,54+,55-,59+,60+,61-,62-,63+,64-/m1/s1. The molecule has 4 saturated heterocycles. The Labute approximate surface area is 757 Å². The number of aliphatic carboxylic acids is 2. The largest absolute Gasteiger partial charge is 0.481 e. The first-order valence-corrected chi connectivity index (χ1v) is 46.7. The molecule has 21 atom stereocenters. The highest BCUT2D eigenvalue weighted by atomic mass is 32.2. The van der Waals surface area contributed by atoms with Gasteiger partial charge in [0, 0.05) is 74.5 Å². The van der Waals surface area contributed by atoms with Crippen molar-refractivity contribution >= 4 is 176 Å². The third-order valence-corrected chi connectivity index (χ3v) is 26.7. The van der Waals surface area contributed by atoms with Crippen LogP contribution in [0.1, 0.15) is 135 Å². The van der Waals surface area contributed by atoms with Gasteiger partial charge in [0.25, 0.3) is 0 Å². The molecule has 4 aliphatic heterocycles. The number of carbonyl (C=O) groups excluding carboxylic acids is 18. The van der Waals surface area contributed by atoms with E-state index in [1.54, 1.807) is 92.8 Å². The summed E-state index contributed by atoms with van der Waals surface area (Å²) in [7, 11) is 0. The second-order valence-electron chi connectivity index (χ2n) is 33.7. The van der Waals surface area contributed by atoms with Gasteiger partial charge in [0.15, 0.2) is 0 Å². The third-order valence-electron chi connectivity index (χ3n) is 21.6. The minimum Gasteiger partial charge on any atom is -0.481 e. The molecule has 2 aromatic rings. The van der Waals surface area contributed by atoms with Crippen molar-refractivity contribution in [2.45, 2.75) is 254 Å². The summed E-state index contributed by atoms with van der Waals surface area (Å²) in [5, 5.41) is 73.7. The number of hydrogen-bond donors (Lipinski definition) is 23. The third kappa shape index (κ3) is 32.0. The topological polar surface area (TPSA) is 660 Å². The second-order valence-corrected chi connectivity index (χ2v) is 39.0. The van der Waals surface area contributed by atoms with Gasteiger partial charge in [-0.3, -0.25) is 91.1 Å². The molecule has 0 aliphatic carbocycles. The Kier molecular flexibility index (Phi) is 41.9. The molecule has 4 fully saturated rings. The van der Waals surface area contributed by atoms with Crippen LogP contribution in [0.15, 0.2) is 30.5 Å². The summed E-state index contributed by atoms with van der Waals surface area (Å²) in [6.07, 6.45) is -0.384. The van der Waals surface area contributed by atoms with Gasteiger partial charge in [0.1, 0.15) is 96.7 Å². The molecule has 0 saturated carbocycles. The summed E-state index contributed by atoms with van der Waals surface area (Å²) in [4.78, 5) is 296. The van der Waals surface area contributed by atoms with Gasteiger partial charge in [-0.2, -0.15) is 47.0 Å². The van der Waals surface area contributed by atoms with E-state index in [1.165, 1.54) is 34.6 Å². The van der Waals surface area contributed by atoms with Gasteiger partial charge in [-0.25, -0.2) is 4.79 Å². The average Bonchev–Trinajstić information content (AvgIpc) is 1.63. The van der Waals surface area contributed by atoms with E-state index in [0.717, 1.165) is 35.3 Å². The number of aromatic amines is 1. The SMILES string of the molecule is CC[C@@H](C)[C@H]1NC(=O)[C@@H]2NC(=O)[C@H](CC(C)C)NC(=O)[C@@H](NC(=O)[C@H]3CSC[C@H](N)C(=O)N[C@@H](CO)C(=O)NCC(=O)N[C@H](Cc4c[nH]c5ccccc45)C(=O)N[C@@H](C(C)C)C(=O)N3)[C@@H](C)SC[C@@H](NC(=O)[C@H](CCC(=O)O)NC1=O)C(=O)NCC(=O)N[C@H]1C(=O)N[C@@H](CC(C)C)C(=O)N[C@@H](C(C)C)C(=O)N[C@@H](CS[C@H]2C)C(=O)N[C@H](C)C(=O)N[C@@H](C(=O)O)CS[C@@H]1C. The lowest BCUT2D eigenvalue weighted by Crippen LogP contribution is -2.63. The molecule has 43 nitrogen and oxygen atoms in total. The lowest BCUT2D eigenvalue weighted by atomic mass is 9.96. The summed E-state index contributed by atoms with van der Waals surface area (Å²) >= 11 is 2.94. The highest BCUT2D eigenvalue weighted by molar-refractivity contribution is 8.00. The average molecular weight is 1870 g/mol. The lowest BCUT2D eigenvalue weighted by Gasteiger charge is -2.32. The Balaban J connectivity index is 1.60. The lowest BCUT2D eigenvalue weighted by molar-refractivity contribution is -0.141. The fourth-order valence-corrected chi connectivity index (χ4v) is 18.2. The van der Waals surface area contributed by atoms with Crippen molar-refractivity contribution in [3.63, 3.8) is 0 Å². The van der Waals surface area contributed by atoms with Crippen LogP contribution in [-0.4, -0.2) is 305 Å². The maximum atomic E-state index is 15.8. The first-order valence-electron chi connectivity index (χ1n) is 42.4. The van der Waals surface area contributed by atoms with Crippen molar-refractivity contribution in [2.24, 2.45) is 35.3 Å². The number of carbonyl (C=O) groups is 20. The molecule has 4 bridgehead atoms. The monoisotopic (exact) mass is 1870 g/mol. The Morgan fingerprint density at radius 3 is 1.53 bits per heavy atom. The molecule has 47 heteroatoms. The fourth-order valence-electron chi connectivity index (χ4n) is 13.8. The number of carboxylic acids is 2. The molecule has 0 radical (unpaired) electrons. The first-order chi connectivity index (χ1) is 60.2. The van der Waals surface area contributed by atoms with Crippen molar-refractivity contribution in [1.82, 2.24) is 101 Å². The van der Waals surface area contributed by atoms with Crippen LogP contribution >= 0.6 is 47.0 Å². The minimum absolute atomic E-state index is 0.106. The molecule has 5 heterocycles. The number of nitrogens with one attached hydrogen (secondary N) is 19. The van der Waals surface area contributed by atoms with Gasteiger partial charge < -0.3 is 122 Å². The van der Waals surface area contributed by atoms with Crippen LogP contribution in [0.2, 0.25) is 0 Å². The summed E-state index contributed by atoms with van der Waals surface area (Å²) in [6.45, 7) is 18.6. The summed E-state index contributed by atoms with van der Waals surface area (Å²) in [5.41, 5.74) is 7.55. The number of para-hydroxylation sites is 1. The number of thioether (sulfide) groups is 4. The zero-order valence-electron chi connectivity index (χ0n) is 73.9. The summed E-state index contributed by atoms with van der Waals surface area (Å²) in [6, 6.07) is -22.1. The van der Waals surface area contributed by atoms with E-state index in [1.807, 2.05) is 0 Å². The molecule has 1 aromatic heterocycles. The number of aliphatic hydroxyl groups excluding tert-OH is 1. The van der Waals surface area contributed by atoms with Gasteiger partial charge in [-0.1, -0.05) is 115 Å².